The molecule has 2 rings (SSSR count). The molecule has 0 bridgehead atoms. The molecule has 0 aromatic heterocycles. The van der Waals surface area contributed by atoms with Crippen LogP contribution in [0.4, 0.5) is 8.78 Å². The van der Waals surface area contributed by atoms with E-state index >= 15 is 0 Å². The van der Waals surface area contributed by atoms with Gasteiger partial charge in [0.05, 0.1) is 0 Å². The van der Waals surface area contributed by atoms with Crippen LogP contribution in [0.3, 0.4) is 0 Å². The van der Waals surface area contributed by atoms with Gasteiger partial charge in [-0.05, 0) is 41.0 Å². The number of hydrogen-bond acceptors (Lipinski definition) is 2. The number of halogens is 2. The Morgan fingerprint density at radius 1 is 1.10 bits per heavy atom. The third-order valence-electron chi connectivity index (χ3n) is 2.98. The molecule has 0 aliphatic rings. The fourth-order valence-electron chi connectivity index (χ4n) is 1.88. The molecule has 3 nitrogen and oxygen atoms in total. The first-order valence-electron chi connectivity index (χ1n) is 6.00. The van der Waals surface area contributed by atoms with Gasteiger partial charge in [-0.25, -0.2) is 8.78 Å². The number of rotatable bonds is 4. The van der Waals surface area contributed by atoms with Crippen LogP contribution in [0.15, 0.2) is 42.5 Å². The average molecular weight is 277 g/mol. The van der Waals surface area contributed by atoms with E-state index in [9.17, 15) is 13.6 Å². The Morgan fingerprint density at radius 2 is 1.70 bits per heavy atom. The Kier molecular flexibility index (Phi) is 4.10. The van der Waals surface area contributed by atoms with E-state index in [-0.39, 0.29) is 17.8 Å². The highest BCUT2D eigenvalue weighted by molar-refractivity contribution is 5.73. The molecule has 20 heavy (non-hydrogen) atoms. The third-order valence-corrected chi connectivity index (χ3v) is 2.98. The number of carboxylic acids is 1. The summed E-state index contributed by atoms with van der Waals surface area (Å²) in [5, 5.41) is 8.76. The van der Waals surface area contributed by atoms with Crippen molar-refractivity contribution < 1.29 is 18.7 Å². The molecule has 2 aromatic rings. The van der Waals surface area contributed by atoms with Crippen molar-refractivity contribution in [3.05, 3.63) is 59.7 Å². The highest BCUT2D eigenvalue weighted by atomic mass is 19.1. The van der Waals surface area contributed by atoms with E-state index in [1.807, 2.05) is 0 Å². The Balaban J connectivity index is 2.33. The standard InChI is InChI=1S/C15H13F2NO2/c16-12-4-1-9(2-5-12)10-3-6-13(17)11(7-10)8-14(18)15(19)20/h1-7,14H,8,18H2,(H,19,20). The topological polar surface area (TPSA) is 63.3 Å². The van der Waals surface area contributed by atoms with E-state index < -0.39 is 17.8 Å². The molecule has 3 N–H and O–H groups in total. The lowest BCUT2D eigenvalue weighted by Gasteiger charge is -2.10. The Hall–Kier alpha value is -2.27. The lowest BCUT2D eigenvalue weighted by atomic mass is 9.99. The molecule has 0 aliphatic carbocycles. The molecule has 0 fully saturated rings. The lowest BCUT2D eigenvalue weighted by molar-refractivity contribution is -0.138. The molecule has 0 saturated heterocycles. The van der Waals surface area contributed by atoms with Crippen molar-refractivity contribution >= 4 is 5.97 Å². The van der Waals surface area contributed by atoms with Crippen LogP contribution in [-0.2, 0) is 11.2 Å². The van der Waals surface area contributed by atoms with Crippen LogP contribution in [0.25, 0.3) is 11.1 Å². The molecule has 0 spiro atoms. The predicted molar refractivity (Wildman–Crippen MR) is 71.1 cm³/mol. The van der Waals surface area contributed by atoms with E-state index in [2.05, 4.69) is 0 Å². The summed E-state index contributed by atoms with van der Waals surface area (Å²) in [4.78, 5) is 10.7. The van der Waals surface area contributed by atoms with Crippen molar-refractivity contribution in [3.63, 3.8) is 0 Å². The number of carbonyl (C=O) groups is 1. The summed E-state index contributed by atoms with van der Waals surface area (Å²) in [5.74, 6) is -2.05. The molecule has 5 heteroatoms. The molecule has 2 aromatic carbocycles. The zero-order valence-electron chi connectivity index (χ0n) is 10.5. The normalized spacial score (nSPS) is 12.2. The van der Waals surface area contributed by atoms with Gasteiger partial charge in [0, 0.05) is 6.42 Å². The summed E-state index contributed by atoms with van der Waals surface area (Å²) in [5.41, 5.74) is 7.03. The van der Waals surface area contributed by atoms with Crippen molar-refractivity contribution in [1.82, 2.24) is 0 Å². The van der Waals surface area contributed by atoms with Crippen molar-refractivity contribution in [3.8, 4) is 11.1 Å². The number of carboxylic acid groups (broad SMARTS) is 1. The zero-order chi connectivity index (χ0) is 14.7. The van der Waals surface area contributed by atoms with Crippen LogP contribution in [0.1, 0.15) is 5.56 Å². The minimum absolute atomic E-state index is 0.101. The average Bonchev–Trinajstić information content (AvgIpc) is 2.42. The Labute approximate surface area is 114 Å². The SMILES string of the molecule is NC(Cc1cc(-c2ccc(F)cc2)ccc1F)C(=O)O. The van der Waals surface area contributed by atoms with Crippen LogP contribution in [0, 0.1) is 11.6 Å². The maximum Gasteiger partial charge on any atom is 0.320 e. The monoisotopic (exact) mass is 277 g/mol. The first-order valence-corrected chi connectivity index (χ1v) is 6.00. The quantitative estimate of drug-likeness (QED) is 0.902. The molecule has 104 valence electrons. The minimum Gasteiger partial charge on any atom is -0.480 e. The van der Waals surface area contributed by atoms with Gasteiger partial charge in [0.15, 0.2) is 0 Å². The van der Waals surface area contributed by atoms with Gasteiger partial charge in [-0.3, -0.25) is 4.79 Å². The molecule has 1 unspecified atom stereocenters. The van der Waals surface area contributed by atoms with Crippen LogP contribution in [0.5, 0.6) is 0 Å². The fraction of sp³-hybridized carbons (Fsp3) is 0.133. The first kappa shape index (κ1) is 14.1. The van der Waals surface area contributed by atoms with Crippen LogP contribution in [0.2, 0.25) is 0 Å². The number of nitrogens with two attached hydrogens (primary N) is 1. The van der Waals surface area contributed by atoms with Crippen molar-refractivity contribution in [2.24, 2.45) is 5.73 Å². The first-order chi connectivity index (χ1) is 9.47. The summed E-state index contributed by atoms with van der Waals surface area (Å²) in [7, 11) is 0. The van der Waals surface area contributed by atoms with Gasteiger partial charge in [-0.1, -0.05) is 18.2 Å². The molecule has 0 amide bonds. The van der Waals surface area contributed by atoms with Crippen molar-refractivity contribution in [1.29, 1.82) is 0 Å². The van der Waals surface area contributed by atoms with Gasteiger partial charge in [-0.2, -0.15) is 0 Å². The summed E-state index contributed by atoms with van der Waals surface area (Å²) in [6.45, 7) is 0. The molecule has 1 atom stereocenters. The molecule has 0 aliphatic heterocycles. The summed E-state index contributed by atoms with van der Waals surface area (Å²) in [6.07, 6.45) is -0.101. The van der Waals surface area contributed by atoms with Gasteiger partial charge < -0.3 is 10.8 Å². The van der Waals surface area contributed by atoms with E-state index in [1.54, 1.807) is 18.2 Å². The minimum atomic E-state index is -1.18. The second-order valence-corrected chi connectivity index (χ2v) is 4.46. The van der Waals surface area contributed by atoms with E-state index in [4.69, 9.17) is 10.8 Å². The summed E-state index contributed by atoms with van der Waals surface area (Å²) in [6, 6.07) is 8.94. The number of hydrogen-bond donors (Lipinski definition) is 2. The van der Waals surface area contributed by atoms with Crippen molar-refractivity contribution in [2.45, 2.75) is 12.5 Å². The Bertz CT molecular complexity index is 626. The maximum atomic E-state index is 13.7. The van der Waals surface area contributed by atoms with Crippen LogP contribution >= 0.6 is 0 Å². The maximum absolute atomic E-state index is 13.7. The molecule has 0 saturated carbocycles. The van der Waals surface area contributed by atoms with Gasteiger partial charge in [0.25, 0.3) is 0 Å². The second kappa shape index (κ2) is 5.79. The highest BCUT2D eigenvalue weighted by Gasteiger charge is 2.15. The van der Waals surface area contributed by atoms with Gasteiger partial charge in [-0.15, -0.1) is 0 Å². The summed E-state index contributed by atoms with van der Waals surface area (Å²) < 4.78 is 26.5. The third kappa shape index (κ3) is 3.19. The predicted octanol–water partition coefficient (Wildman–Crippen LogP) is 2.59. The van der Waals surface area contributed by atoms with Crippen molar-refractivity contribution in [2.75, 3.05) is 0 Å². The van der Waals surface area contributed by atoms with Crippen LogP contribution in [-0.4, -0.2) is 17.1 Å². The summed E-state index contributed by atoms with van der Waals surface area (Å²) >= 11 is 0. The van der Waals surface area contributed by atoms with Crippen LogP contribution < -0.4 is 5.73 Å². The molecule has 0 heterocycles. The van der Waals surface area contributed by atoms with E-state index in [1.165, 1.54) is 24.3 Å². The number of aliphatic carboxylic acids is 1. The smallest absolute Gasteiger partial charge is 0.320 e. The molecule has 0 radical (unpaired) electrons. The molecular weight excluding hydrogens is 264 g/mol. The fourth-order valence-corrected chi connectivity index (χ4v) is 1.88. The Morgan fingerprint density at radius 3 is 2.30 bits per heavy atom. The van der Waals surface area contributed by atoms with E-state index in [0.717, 1.165) is 5.56 Å². The second-order valence-electron chi connectivity index (χ2n) is 4.46. The van der Waals surface area contributed by atoms with Gasteiger partial charge in [0.1, 0.15) is 17.7 Å². The molecular formula is C15H13F2NO2. The number of benzene rings is 2. The zero-order valence-corrected chi connectivity index (χ0v) is 10.5. The van der Waals surface area contributed by atoms with Gasteiger partial charge >= 0.3 is 5.97 Å². The van der Waals surface area contributed by atoms with Gasteiger partial charge in [0.2, 0.25) is 0 Å². The lowest BCUT2D eigenvalue weighted by Crippen LogP contribution is -2.32. The largest absolute Gasteiger partial charge is 0.480 e. The highest BCUT2D eigenvalue weighted by Crippen LogP contribution is 2.23. The van der Waals surface area contributed by atoms with E-state index in [0.29, 0.717) is 5.56 Å².